The van der Waals surface area contributed by atoms with E-state index >= 15 is 0 Å². The molecule has 2 aromatic rings. The first-order chi connectivity index (χ1) is 8.66. The van der Waals surface area contributed by atoms with Crippen molar-refractivity contribution in [3.8, 4) is 5.75 Å². The predicted octanol–water partition coefficient (Wildman–Crippen LogP) is 2.95. The number of nitrogens with two attached hydrogens (primary N) is 1. The summed E-state index contributed by atoms with van der Waals surface area (Å²) in [7, 11) is 0. The van der Waals surface area contributed by atoms with E-state index in [9.17, 15) is 0 Å². The van der Waals surface area contributed by atoms with E-state index in [4.69, 9.17) is 34.3 Å². The Morgan fingerprint density at radius 1 is 1.28 bits per heavy atom. The van der Waals surface area contributed by atoms with Gasteiger partial charge in [-0.05, 0) is 35.9 Å². The number of aromatic nitrogens is 1. The largest absolute Gasteiger partial charge is 0.487 e. The van der Waals surface area contributed by atoms with Gasteiger partial charge >= 0.3 is 0 Å². The second-order valence-electron chi connectivity index (χ2n) is 3.65. The molecule has 0 fully saturated rings. The van der Waals surface area contributed by atoms with Crippen molar-refractivity contribution in [2.45, 2.75) is 6.61 Å². The van der Waals surface area contributed by atoms with Crippen molar-refractivity contribution >= 4 is 28.8 Å². The Morgan fingerprint density at radius 2 is 2.00 bits per heavy atom. The summed E-state index contributed by atoms with van der Waals surface area (Å²) in [5.74, 6) is 0.605. The number of thiocarbonyl (C=S) groups is 1. The highest BCUT2D eigenvalue weighted by atomic mass is 35.5. The lowest BCUT2D eigenvalue weighted by Crippen LogP contribution is -2.09. The average Bonchev–Trinajstić information content (AvgIpc) is 2.38. The maximum absolute atomic E-state index is 6.09. The third-order valence-corrected chi connectivity index (χ3v) is 2.89. The van der Waals surface area contributed by atoms with E-state index in [2.05, 4.69) is 4.98 Å². The van der Waals surface area contributed by atoms with Crippen molar-refractivity contribution in [2.24, 2.45) is 5.73 Å². The van der Waals surface area contributed by atoms with E-state index in [-0.39, 0.29) is 0 Å². The normalized spacial score (nSPS) is 10.1. The van der Waals surface area contributed by atoms with E-state index in [1.54, 1.807) is 30.6 Å². The van der Waals surface area contributed by atoms with Crippen LogP contribution in [0.2, 0.25) is 5.02 Å². The van der Waals surface area contributed by atoms with Gasteiger partial charge in [0, 0.05) is 18.0 Å². The highest BCUT2D eigenvalue weighted by Crippen LogP contribution is 2.26. The van der Waals surface area contributed by atoms with Crippen LogP contribution in [0, 0.1) is 0 Å². The van der Waals surface area contributed by atoms with Crippen molar-refractivity contribution in [1.29, 1.82) is 0 Å². The zero-order valence-corrected chi connectivity index (χ0v) is 11.0. The summed E-state index contributed by atoms with van der Waals surface area (Å²) in [6.07, 6.45) is 3.44. The lowest BCUT2D eigenvalue weighted by molar-refractivity contribution is 0.306. The van der Waals surface area contributed by atoms with E-state index in [0.29, 0.717) is 22.4 Å². The number of halogens is 1. The molecule has 1 aromatic carbocycles. The standard InChI is InChI=1S/C13H11ClN2OS/c14-11-7-10(13(15)18)1-2-12(11)17-8-9-3-5-16-6-4-9/h1-7H,8H2,(H2,15,18). The van der Waals surface area contributed by atoms with Gasteiger partial charge in [0.05, 0.1) is 5.02 Å². The molecule has 1 aromatic heterocycles. The summed E-state index contributed by atoms with van der Waals surface area (Å²) in [6, 6.07) is 9.02. The lowest BCUT2D eigenvalue weighted by Gasteiger charge is -2.09. The Hall–Kier alpha value is -1.65. The third kappa shape index (κ3) is 3.18. The monoisotopic (exact) mass is 278 g/mol. The summed E-state index contributed by atoms with van der Waals surface area (Å²) >= 11 is 11.0. The SMILES string of the molecule is NC(=S)c1ccc(OCc2ccncc2)c(Cl)c1. The molecule has 0 bridgehead atoms. The minimum atomic E-state index is 0.317. The quantitative estimate of drug-likeness (QED) is 0.874. The Morgan fingerprint density at radius 3 is 2.61 bits per heavy atom. The first-order valence-corrected chi connectivity index (χ1v) is 6.06. The van der Waals surface area contributed by atoms with Crippen molar-refractivity contribution in [3.05, 3.63) is 58.9 Å². The number of hydrogen-bond donors (Lipinski definition) is 1. The van der Waals surface area contributed by atoms with Gasteiger partial charge in [-0.1, -0.05) is 23.8 Å². The number of pyridine rings is 1. The fourth-order valence-electron chi connectivity index (χ4n) is 1.41. The molecule has 0 radical (unpaired) electrons. The molecule has 5 heteroatoms. The maximum atomic E-state index is 6.09. The van der Waals surface area contributed by atoms with Gasteiger partial charge in [0.15, 0.2) is 0 Å². The maximum Gasteiger partial charge on any atom is 0.138 e. The molecule has 0 unspecified atom stereocenters. The van der Waals surface area contributed by atoms with Crippen LogP contribution in [0.15, 0.2) is 42.7 Å². The summed E-state index contributed by atoms with van der Waals surface area (Å²) in [5.41, 5.74) is 7.28. The van der Waals surface area contributed by atoms with Gasteiger partial charge in [-0.15, -0.1) is 0 Å². The van der Waals surface area contributed by atoms with Crippen LogP contribution in [-0.2, 0) is 6.61 Å². The second-order valence-corrected chi connectivity index (χ2v) is 4.50. The number of ether oxygens (including phenoxy) is 1. The fraction of sp³-hybridized carbons (Fsp3) is 0.0769. The Balaban J connectivity index is 2.08. The van der Waals surface area contributed by atoms with Crippen LogP contribution in [-0.4, -0.2) is 9.97 Å². The van der Waals surface area contributed by atoms with Crippen molar-refractivity contribution < 1.29 is 4.74 Å². The Kier molecular flexibility index (Phi) is 4.12. The van der Waals surface area contributed by atoms with Gasteiger partial charge in [-0.3, -0.25) is 4.98 Å². The van der Waals surface area contributed by atoms with Crippen molar-refractivity contribution in [1.82, 2.24) is 4.98 Å². The molecule has 0 aliphatic rings. The zero-order valence-electron chi connectivity index (χ0n) is 9.47. The first-order valence-electron chi connectivity index (χ1n) is 5.28. The third-order valence-electron chi connectivity index (χ3n) is 2.36. The van der Waals surface area contributed by atoms with Gasteiger partial charge in [-0.25, -0.2) is 0 Å². The highest BCUT2D eigenvalue weighted by molar-refractivity contribution is 7.80. The molecule has 3 nitrogen and oxygen atoms in total. The molecule has 0 saturated carbocycles. The topological polar surface area (TPSA) is 48.1 Å². The summed E-state index contributed by atoms with van der Waals surface area (Å²) < 4.78 is 5.61. The summed E-state index contributed by atoms with van der Waals surface area (Å²) in [6.45, 7) is 0.439. The molecular formula is C13H11ClN2OS. The van der Waals surface area contributed by atoms with Crippen molar-refractivity contribution in [3.63, 3.8) is 0 Å². The molecule has 0 saturated heterocycles. The number of hydrogen-bond acceptors (Lipinski definition) is 3. The first kappa shape index (κ1) is 12.8. The van der Waals surface area contributed by atoms with Crippen LogP contribution >= 0.6 is 23.8 Å². The molecule has 2 rings (SSSR count). The van der Waals surface area contributed by atoms with Gasteiger partial charge in [0.25, 0.3) is 0 Å². The van der Waals surface area contributed by atoms with E-state index < -0.39 is 0 Å². The number of nitrogens with zero attached hydrogens (tertiary/aromatic N) is 1. The van der Waals surface area contributed by atoms with Gasteiger partial charge < -0.3 is 10.5 Å². The Labute approximate surface area is 116 Å². The average molecular weight is 279 g/mol. The Bertz CT molecular complexity index is 560. The minimum absolute atomic E-state index is 0.317. The smallest absolute Gasteiger partial charge is 0.138 e. The van der Waals surface area contributed by atoms with Crippen molar-refractivity contribution in [2.75, 3.05) is 0 Å². The van der Waals surface area contributed by atoms with Gasteiger partial charge in [0.2, 0.25) is 0 Å². The molecule has 0 aliphatic carbocycles. The second kappa shape index (κ2) is 5.80. The van der Waals surface area contributed by atoms with Crippen LogP contribution in [0.25, 0.3) is 0 Å². The summed E-state index contributed by atoms with van der Waals surface area (Å²) in [5, 5.41) is 0.495. The zero-order chi connectivity index (χ0) is 13.0. The minimum Gasteiger partial charge on any atom is -0.487 e. The molecule has 1 heterocycles. The molecule has 92 valence electrons. The highest BCUT2D eigenvalue weighted by Gasteiger charge is 2.05. The van der Waals surface area contributed by atoms with Crippen LogP contribution in [0.5, 0.6) is 5.75 Å². The molecule has 0 spiro atoms. The van der Waals surface area contributed by atoms with Crippen LogP contribution < -0.4 is 10.5 Å². The molecule has 0 aliphatic heterocycles. The molecule has 2 N–H and O–H groups in total. The van der Waals surface area contributed by atoms with Crippen LogP contribution in [0.1, 0.15) is 11.1 Å². The van der Waals surface area contributed by atoms with Crippen LogP contribution in [0.4, 0.5) is 0 Å². The molecule has 18 heavy (non-hydrogen) atoms. The molecule has 0 amide bonds. The molecular weight excluding hydrogens is 268 g/mol. The fourth-order valence-corrected chi connectivity index (χ4v) is 1.77. The van der Waals surface area contributed by atoms with E-state index in [1.165, 1.54) is 0 Å². The number of benzene rings is 1. The van der Waals surface area contributed by atoms with Crippen LogP contribution in [0.3, 0.4) is 0 Å². The molecule has 0 atom stereocenters. The number of rotatable bonds is 4. The summed E-state index contributed by atoms with van der Waals surface area (Å²) in [4.78, 5) is 4.26. The lowest BCUT2D eigenvalue weighted by atomic mass is 10.2. The van der Waals surface area contributed by atoms with E-state index in [0.717, 1.165) is 11.1 Å². The predicted molar refractivity (Wildman–Crippen MR) is 75.9 cm³/mol. The van der Waals surface area contributed by atoms with Gasteiger partial charge in [0.1, 0.15) is 17.3 Å². The van der Waals surface area contributed by atoms with Gasteiger partial charge in [-0.2, -0.15) is 0 Å². The van der Waals surface area contributed by atoms with E-state index in [1.807, 2.05) is 12.1 Å².